The van der Waals surface area contributed by atoms with E-state index in [0.717, 1.165) is 15.8 Å². The summed E-state index contributed by atoms with van der Waals surface area (Å²) >= 11 is 5.12. The molecule has 1 atom stereocenters. The zero-order valence-electron chi connectivity index (χ0n) is 9.52. The molecule has 2 N–H and O–H groups in total. The molecule has 0 bridgehead atoms. The first kappa shape index (κ1) is 12.6. The third-order valence-corrected chi connectivity index (χ3v) is 3.66. The lowest BCUT2D eigenvalue weighted by Gasteiger charge is -2.14. The molecule has 2 rings (SSSR count). The van der Waals surface area contributed by atoms with E-state index in [2.05, 4.69) is 27.4 Å². The number of benzene rings is 1. The second-order valence-corrected chi connectivity index (χ2v) is 5.59. The van der Waals surface area contributed by atoms with Gasteiger partial charge in [-0.15, -0.1) is 0 Å². The van der Waals surface area contributed by atoms with E-state index in [4.69, 9.17) is 10.5 Å². The van der Waals surface area contributed by atoms with Gasteiger partial charge in [0.2, 0.25) is 0 Å². The van der Waals surface area contributed by atoms with Gasteiger partial charge < -0.3 is 10.5 Å². The Labute approximate surface area is 114 Å². The van der Waals surface area contributed by atoms with Gasteiger partial charge in [0.05, 0.1) is 0 Å². The van der Waals surface area contributed by atoms with Gasteiger partial charge in [0.15, 0.2) is 0 Å². The van der Waals surface area contributed by atoms with E-state index < -0.39 is 0 Å². The first-order valence-electron chi connectivity index (χ1n) is 5.35. The summed E-state index contributed by atoms with van der Waals surface area (Å²) in [4.78, 5) is 0. The third kappa shape index (κ3) is 3.31. The number of halogens is 1. The number of hydrogen-bond donors (Lipinski definition) is 1. The Balaban J connectivity index is 2.14. The lowest BCUT2D eigenvalue weighted by Crippen LogP contribution is -2.08. The molecular formula is C13H14BrNOS. The Morgan fingerprint density at radius 1 is 1.41 bits per heavy atom. The van der Waals surface area contributed by atoms with Crippen molar-refractivity contribution in [2.75, 3.05) is 0 Å². The van der Waals surface area contributed by atoms with Gasteiger partial charge in [-0.3, -0.25) is 0 Å². The van der Waals surface area contributed by atoms with Gasteiger partial charge in [-0.05, 0) is 47.5 Å². The molecule has 0 fully saturated rings. The van der Waals surface area contributed by atoms with Crippen molar-refractivity contribution >= 4 is 27.3 Å². The van der Waals surface area contributed by atoms with Gasteiger partial charge in [-0.1, -0.05) is 15.9 Å². The Morgan fingerprint density at radius 2 is 2.24 bits per heavy atom. The smallest absolute Gasteiger partial charge is 0.124 e. The van der Waals surface area contributed by atoms with Crippen LogP contribution in [0, 0.1) is 0 Å². The number of thiophene rings is 1. The summed E-state index contributed by atoms with van der Waals surface area (Å²) < 4.78 is 6.82. The van der Waals surface area contributed by atoms with Crippen LogP contribution >= 0.6 is 27.3 Å². The molecule has 17 heavy (non-hydrogen) atoms. The fourth-order valence-corrected chi connectivity index (χ4v) is 2.57. The number of rotatable bonds is 4. The van der Waals surface area contributed by atoms with Crippen molar-refractivity contribution in [2.24, 2.45) is 5.73 Å². The zero-order chi connectivity index (χ0) is 12.3. The van der Waals surface area contributed by atoms with E-state index in [-0.39, 0.29) is 6.04 Å². The molecule has 1 heterocycles. The molecule has 0 saturated carbocycles. The second kappa shape index (κ2) is 5.67. The van der Waals surface area contributed by atoms with Crippen LogP contribution in [0.25, 0.3) is 0 Å². The van der Waals surface area contributed by atoms with E-state index >= 15 is 0 Å². The lowest BCUT2D eigenvalue weighted by atomic mass is 10.1. The summed E-state index contributed by atoms with van der Waals surface area (Å²) in [5, 5.41) is 4.14. The zero-order valence-corrected chi connectivity index (χ0v) is 11.9. The van der Waals surface area contributed by atoms with Crippen LogP contribution in [0.2, 0.25) is 0 Å². The standard InChI is InChI=1S/C13H14BrNOS/c1-9(15)12-6-11(14)2-3-13(12)16-7-10-4-5-17-8-10/h2-6,8-9H,7,15H2,1H3/t9-/m1/s1. The largest absolute Gasteiger partial charge is 0.489 e. The van der Waals surface area contributed by atoms with E-state index in [1.54, 1.807) is 11.3 Å². The monoisotopic (exact) mass is 311 g/mol. The number of ether oxygens (including phenoxy) is 1. The average molecular weight is 312 g/mol. The molecule has 90 valence electrons. The van der Waals surface area contributed by atoms with Crippen LogP contribution < -0.4 is 10.5 Å². The van der Waals surface area contributed by atoms with E-state index in [0.29, 0.717) is 6.61 Å². The van der Waals surface area contributed by atoms with Gasteiger partial charge in [-0.25, -0.2) is 0 Å². The van der Waals surface area contributed by atoms with Gasteiger partial charge >= 0.3 is 0 Å². The molecule has 2 nitrogen and oxygen atoms in total. The number of hydrogen-bond acceptors (Lipinski definition) is 3. The van der Waals surface area contributed by atoms with E-state index in [1.807, 2.05) is 30.5 Å². The van der Waals surface area contributed by atoms with E-state index in [1.165, 1.54) is 5.56 Å². The minimum atomic E-state index is -0.0371. The van der Waals surface area contributed by atoms with Crippen LogP contribution in [0.3, 0.4) is 0 Å². The Kier molecular flexibility index (Phi) is 4.20. The fraction of sp³-hybridized carbons (Fsp3) is 0.231. The van der Waals surface area contributed by atoms with Crippen molar-refractivity contribution in [3.8, 4) is 5.75 Å². The van der Waals surface area contributed by atoms with Crippen LogP contribution in [-0.4, -0.2) is 0 Å². The normalized spacial score (nSPS) is 12.4. The van der Waals surface area contributed by atoms with Gasteiger partial charge in [0, 0.05) is 16.1 Å². The summed E-state index contributed by atoms with van der Waals surface area (Å²) in [6.07, 6.45) is 0. The van der Waals surface area contributed by atoms with Crippen LogP contribution in [0.1, 0.15) is 24.1 Å². The molecule has 0 radical (unpaired) electrons. The second-order valence-electron chi connectivity index (χ2n) is 3.89. The molecule has 4 heteroatoms. The Hall–Kier alpha value is -0.840. The van der Waals surface area contributed by atoms with Crippen molar-refractivity contribution in [1.29, 1.82) is 0 Å². The van der Waals surface area contributed by atoms with Crippen LogP contribution in [0.15, 0.2) is 39.5 Å². The highest BCUT2D eigenvalue weighted by Crippen LogP contribution is 2.28. The van der Waals surface area contributed by atoms with Crippen molar-refractivity contribution in [3.05, 3.63) is 50.6 Å². The topological polar surface area (TPSA) is 35.2 Å². The highest BCUT2D eigenvalue weighted by molar-refractivity contribution is 9.10. The number of nitrogens with two attached hydrogens (primary N) is 1. The van der Waals surface area contributed by atoms with Gasteiger partial charge in [-0.2, -0.15) is 11.3 Å². The highest BCUT2D eigenvalue weighted by atomic mass is 79.9. The van der Waals surface area contributed by atoms with Gasteiger partial charge in [0.1, 0.15) is 12.4 Å². The minimum absolute atomic E-state index is 0.0371. The van der Waals surface area contributed by atoms with Crippen molar-refractivity contribution in [1.82, 2.24) is 0 Å². The maximum atomic E-state index is 5.93. The quantitative estimate of drug-likeness (QED) is 0.922. The molecule has 1 aromatic carbocycles. The molecule has 0 aliphatic heterocycles. The first-order chi connectivity index (χ1) is 8.16. The lowest BCUT2D eigenvalue weighted by molar-refractivity contribution is 0.302. The van der Waals surface area contributed by atoms with Crippen LogP contribution in [0.4, 0.5) is 0 Å². The molecule has 0 aliphatic rings. The highest BCUT2D eigenvalue weighted by Gasteiger charge is 2.09. The van der Waals surface area contributed by atoms with Gasteiger partial charge in [0.25, 0.3) is 0 Å². The summed E-state index contributed by atoms with van der Waals surface area (Å²) in [6, 6.07) is 7.96. The SMILES string of the molecule is C[C@@H](N)c1cc(Br)ccc1OCc1ccsc1. The summed E-state index contributed by atoms with van der Waals surface area (Å²) in [5.74, 6) is 0.856. The molecule has 0 saturated heterocycles. The van der Waals surface area contributed by atoms with Crippen molar-refractivity contribution in [2.45, 2.75) is 19.6 Å². The summed E-state index contributed by atoms with van der Waals surface area (Å²) in [5.41, 5.74) is 8.14. The van der Waals surface area contributed by atoms with Crippen LogP contribution in [0.5, 0.6) is 5.75 Å². The molecule has 1 aromatic heterocycles. The fourth-order valence-electron chi connectivity index (χ4n) is 1.54. The predicted octanol–water partition coefficient (Wildman–Crippen LogP) is 4.11. The van der Waals surface area contributed by atoms with Crippen molar-refractivity contribution in [3.63, 3.8) is 0 Å². The molecule has 0 aliphatic carbocycles. The Morgan fingerprint density at radius 3 is 2.88 bits per heavy atom. The molecule has 0 spiro atoms. The first-order valence-corrected chi connectivity index (χ1v) is 7.09. The third-order valence-electron chi connectivity index (χ3n) is 2.44. The van der Waals surface area contributed by atoms with E-state index in [9.17, 15) is 0 Å². The Bertz CT molecular complexity index is 482. The minimum Gasteiger partial charge on any atom is -0.489 e. The predicted molar refractivity (Wildman–Crippen MR) is 75.4 cm³/mol. The average Bonchev–Trinajstić information content (AvgIpc) is 2.80. The molecular weight excluding hydrogens is 298 g/mol. The summed E-state index contributed by atoms with van der Waals surface area (Å²) in [6.45, 7) is 2.55. The summed E-state index contributed by atoms with van der Waals surface area (Å²) in [7, 11) is 0. The molecule has 0 amide bonds. The molecule has 2 aromatic rings. The van der Waals surface area contributed by atoms with Crippen molar-refractivity contribution < 1.29 is 4.74 Å². The molecule has 0 unspecified atom stereocenters. The van der Waals surface area contributed by atoms with Crippen LogP contribution in [-0.2, 0) is 6.61 Å². The maximum Gasteiger partial charge on any atom is 0.124 e. The maximum absolute atomic E-state index is 5.93.